The van der Waals surface area contributed by atoms with Crippen molar-refractivity contribution in [3.8, 4) is 0 Å². The second-order valence-electron chi connectivity index (χ2n) is 3.95. The minimum Gasteiger partial charge on any atom is -0.487 e. The SMILES string of the molecule is C=CCC(C(=S)OCC)C1CCC(C)O1. The molecule has 0 saturated carbocycles. The van der Waals surface area contributed by atoms with Gasteiger partial charge >= 0.3 is 0 Å². The number of hydrogen-bond donors (Lipinski definition) is 0. The van der Waals surface area contributed by atoms with E-state index in [4.69, 9.17) is 21.7 Å². The number of ether oxygens (including phenoxy) is 2. The molecule has 15 heavy (non-hydrogen) atoms. The molecule has 1 aliphatic rings. The summed E-state index contributed by atoms with van der Waals surface area (Å²) in [6.07, 6.45) is 5.50. The Morgan fingerprint density at radius 1 is 1.67 bits per heavy atom. The highest BCUT2D eigenvalue weighted by atomic mass is 32.1. The van der Waals surface area contributed by atoms with Gasteiger partial charge in [0.15, 0.2) is 5.05 Å². The van der Waals surface area contributed by atoms with Gasteiger partial charge in [0.05, 0.1) is 24.7 Å². The van der Waals surface area contributed by atoms with Crippen LogP contribution in [0.15, 0.2) is 12.7 Å². The highest BCUT2D eigenvalue weighted by Gasteiger charge is 2.32. The maximum Gasteiger partial charge on any atom is 0.165 e. The van der Waals surface area contributed by atoms with E-state index < -0.39 is 0 Å². The van der Waals surface area contributed by atoms with E-state index in [1.807, 2.05) is 13.0 Å². The molecule has 0 spiro atoms. The standard InChI is InChI=1S/C12H20O2S/c1-4-6-10(12(15)13-5-2)11-8-7-9(3)14-11/h4,9-11H,1,5-8H2,2-3H3. The molecule has 0 bridgehead atoms. The molecule has 0 aromatic carbocycles. The molecule has 1 fully saturated rings. The van der Waals surface area contributed by atoms with Gasteiger partial charge in [0, 0.05) is 0 Å². The van der Waals surface area contributed by atoms with E-state index in [9.17, 15) is 0 Å². The van der Waals surface area contributed by atoms with Crippen molar-refractivity contribution in [2.45, 2.75) is 45.3 Å². The third-order valence-electron chi connectivity index (χ3n) is 2.72. The zero-order valence-corrected chi connectivity index (χ0v) is 10.4. The fourth-order valence-corrected chi connectivity index (χ4v) is 2.32. The van der Waals surface area contributed by atoms with Crippen molar-refractivity contribution in [2.75, 3.05) is 6.61 Å². The van der Waals surface area contributed by atoms with Crippen LogP contribution in [0, 0.1) is 5.92 Å². The maximum atomic E-state index is 5.83. The van der Waals surface area contributed by atoms with E-state index in [1.54, 1.807) is 0 Å². The summed E-state index contributed by atoms with van der Waals surface area (Å²) in [5.74, 6) is 0.197. The molecule has 2 nitrogen and oxygen atoms in total. The van der Waals surface area contributed by atoms with Crippen molar-refractivity contribution in [3.05, 3.63) is 12.7 Å². The highest BCUT2D eigenvalue weighted by molar-refractivity contribution is 7.80. The smallest absolute Gasteiger partial charge is 0.165 e. The lowest BCUT2D eigenvalue weighted by Gasteiger charge is -2.22. The largest absolute Gasteiger partial charge is 0.487 e. The van der Waals surface area contributed by atoms with Gasteiger partial charge in [-0.15, -0.1) is 6.58 Å². The molecule has 0 aromatic heterocycles. The van der Waals surface area contributed by atoms with Gasteiger partial charge in [-0.2, -0.15) is 0 Å². The van der Waals surface area contributed by atoms with Crippen molar-refractivity contribution in [1.82, 2.24) is 0 Å². The average Bonchev–Trinajstić information content (AvgIpc) is 2.61. The first kappa shape index (κ1) is 12.7. The van der Waals surface area contributed by atoms with Crippen LogP contribution in [0.25, 0.3) is 0 Å². The van der Waals surface area contributed by atoms with E-state index in [0.29, 0.717) is 17.8 Å². The summed E-state index contributed by atoms with van der Waals surface area (Å²) in [5.41, 5.74) is 0. The number of allylic oxidation sites excluding steroid dienone is 1. The first-order valence-corrected chi connectivity index (χ1v) is 6.02. The van der Waals surface area contributed by atoms with Crippen LogP contribution in [0.4, 0.5) is 0 Å². The van der Waals surface area contributed by atoms with Crippen LogP contribution >= 0.6 is 12.2 Å². The topological polar surface area (TPSA) is 18.5 Å². The van der Waals surface area contributed by atoms with Gasteiger partial charge in [-0.3, -0.25) is 0 Å². The first-order chi connectivity index (χ1) is 7.19. The van der Waals surface area contributed by atoms with Gasteiger partial charge in [-0.1, -0.05) is 6.08 Å². The second-order valence-corrected chi connectivity index (χ2v) is 4.35. The molecule has 0 N–H and O–H groups in total. The molecule has 3 atom stereocenters. The molecule has 0 aromatic rings. The maximum absolute atomic E-state index is 5.83. The van der Waals surface area contributed by atoms with Gasteiger partial charge in [-0.25, -0.2) is 0 Å². The normalized spacial score (nSPS) is 27.3. The monoisotopic (exact) mass is 228 g/mol. The zero-order chi connectivity index (χ0) is 11.3. The fourth-order valence-electron chi connectivity index (χ4n) is 1.96. The molecule has 0 amide bonds. The number of thiocarbonyl (C=S) groups is 1. The Kier molecular flexibility index (Phi) is 5.26. The van der Waals surface area contributed by atoms with Gasteiger partial charge in [0.2, 0.25) is 0 Å². The van der Waals surface area contributed by atoms with E-state index in [0.717, 1.165) is 19.3 Å². The summed E-state index contributed by atoms with van der Waals surface area (Å²) >= 11 is 5.27. The Hall–Kier alpha value is -0.410. The summed E-state index contributed by atoms with van der Waals surface area (Å²) in [7, 11) is 0. The third kappa shape index (κ3) is 3.58. The second kappa shape index (κ2) is 6.23. The van der Waals surface area contributed by atoms with Crippen LogP contribution in [0.2, 0.25) is 0 Å². The molecule has 1 aliphatic heterocycles. The quantitative estimate of drug-likeness (QED) is 0.532. The Balaban J connectivity index is 2.56. The summed E-state index contributed by atoms with van der Waals surface area (Å²) < 4.78 is 11.2. The van der Waals surface area contributed by atoms with Crippen LogP contribution in [-0.2, 0) is 9.47 Å². The number of rotatable bonds is 5. The molecule has 3 unspecified atom stereocenters. The van der Waals surface area contributed by atoms with E-state index in [2.05, 4.69) is 13.5 Å². The molecule has 1 rings (SSSR count). The van der Waals surface area contributed by atoms with Gasteiger partial charge in [0.1, 0.15) is 0 Å². The molecular formula is C12H20O2S. The van der Waals surface area contributed by atoms with Crippen molar-refractivity contribution < 1.29 is 9.47 Å². The predicted molar refractivity (Wildman–Crippen MR) is 66.1 cm³/mol. The van der Waals surface area contributed by atoms with Crippen molar-refractivity contribution >= 4 is 17.3 Å². The minimum absolute atomic E-state index is 0.197. The van der Waals surface area contributed by atoms with Crippen molar-refractivity contribution in [3.63, 3.8) is 0 Å². The number of hydrogen-bond acceptors (Lipinski definition) is 3. The predicted octanol–water partition coefficient (Wildman–Crippen LogP) is 3.11. The third-order valence-corrected chi connectivity index (χ3v) is 3.14. The van der Waals surface area contributed by atoms with E-state index in [-0.39, 0.29) is 12.0 Å². The van der Waals surface area contributed by atoms with Gasteiger partial charge in [0.25, 0.3) is 0 Å². The van der Waals surface area contributed by atoms with E-state index >= 15 is 0 Å². The minimum atomic E-state index is 0.197. The van der Waals surface area contributed by atoms with Crippen LogP contribution < -0.4 is 0 Å². The Morgan fingerprint density at radius 3 is 2.87 bits per heavy atom. The van der Waals surface area contributed by atoms with Crippen LogP contribution in [0.3, 0.4) is 0 Å². The average molecular weight is 228 g/mol. The molecular weight excluding hydrogens is 208 g/mol. The summed E-state index contributed by atoms with van der Waals surface area (Å²) in [5, 5.41) is 0.677. The summed E-state index contributed by atoms with van der Waals surface area (Å²) in [6, 6.07) is 0. The van der Waals surface area contributed by atoms with Crippen LogP contribution in [0.1, 0.15) is 33.1 Å². The molecule has 0 radical (unpaired) electrons. The molecule has 86 valence electrons. The lowest BCUT2D eigenvalue weighted by Crippen LogP contribution is -2.28. The molecule has 1 saturated heterocycles. The Bertz CT molecular complexity index is 228. The summed E-state index contributed by atoms with van der Waals surface area (Å²) in [6.45, 7) is 8.46. The Labute approximate surface area is 97.6 Å². The zero-order valence-electron chi connectivity index (χ0n) is 9.57. The molecule has 0 aliphatic carbocycles. The van der Waals surface area contributed by atoms with Crippen molar-refractivity contribution in [2.24, 2.45) is 5.92 Å². The highest BCUT2D eigenvalue weighted by Crippen LogP contribution is 2.28. The first-order valence-electron chi connectivity index (χ1n) is 5.62. The fraction of sp³-hybridized carbons (Fsp3) is 0.750. The van der Waals surface area contributed by atoms with Crippen molar-refractivity contribution in [1.29, 1.82) is 0 Å². The molecule has 1 heterocycles. The lowest BCUT2D eigenvalue weighted by molar-refractivity contribution is 0.0321. The summed E-state index contributed by atoms with van der Waals surface area (Å²) in [4.78, 5) is 0. The van der Waals surface area contributed by atoms with Gasteiger partial charge in [-0.05, 0) is 45.3 Å². The Morgan fingerprint density at radius 2 is 2.40 bits per heavy atom. The van der Waals surface area contributed by atoms with E-state index in [1.165, 1.54) is 0 Å². The lowest BCUT2D eigenvalue weighted by atomic mass is 9.97. The van der Waals surface area contributed by atoms with Gasteiger partial charge < -0.3 is 9.47 Å². The van der Waals surface area contributed by atoms with Crippen LogP contribution in [0.5, 0.6) is 0 Å². The molecule has 3 heteroatoms. The van der Waals surface area contributed by atoms with Crippen LogP contribution in [-0.4, -0.2) is 23.9 Å².